The fourth-order valence-electron chi connectivity index (χ4n) is 3.68. The van der Waals surface area contributed by atoms with E-state index in [0.717, 1.165) is 6.20 Å². The predicted octanol–water partition coefficient (Wildman–Crippen LogP) is 1.06. The molecule has 19 heteroatoms. The molecule has 0 aromatic carbocycles. The Hall–Kier alpha value is -1.98. The Morgan fingerprint density at radius 1 is 1.15 bits per heavy atom. The summed E-state index contributed by atoms with van der Waals surface area (Å²) in [6.07, 6.45) is -13.0. The normalized spacial score (nSPS) is 28.5. The number of nitrogens with two attached hydrogens (primary N) is 1. The van der Waals surface area contributed by atoms with Crippen molar-refractivity contribution in [3.05, 3.63) is 11.2 Å². The van der Waals surface area contributed by atoms with E-state index in [1.807, 2.05) is 0 Å². The van der Waals surface area contributed by atoms with E-state index in [9.17, 15) is 33.1 Å². The summed E-state index contributed by atoms with van der Waals surface area (Å²) >= 11 is 5.87. The van der Waals surface area contributed by atoms with E-state index in [2.05, 4.69) is 15.2 Å². The fourth-order valence-corrected chi connectivity index (χ4v) is 5.68. The Bertz CT molecular complexity index is 1040. The van der Waals surface area contributed by atoms with E-state index in [1.54, 1.807) is 27.7 Å². The summed E-state index contributed by atoms with van der Waals surface area (Å²) in [4.78, 5) is 28.8. The first-order valence-corrected chi connectivity index (χ1v) is 14.5. The minimum atomic E-state index is -4.67. The summed E-state index contributed by atoms with van der Waals surface area (Å²) in [7, 11) is -4.67. The first-order valence-electron chi connectivity index (χ1n) is 12.5. The van der Waals surface area contributed by atoms with Crippen LogP contribution in [0.1, 0.15) is 41.5 Å². The van der Waals surface area contributed by atoms with Crippen LogP contribution in [0.25, 0.3) is 0 Å². The summed E-state index contributed by atoms with van der Waals surface area (Å²) in [5.41, 5.74) is 2.34. The number of alkyl halides is 3. The van der Waals surface area contributed by atoms with Gasteiger partial charge in [-0.1, -0.05) is 11.6 Å². The van der Waals surface area contributed by atoms with Gasteiger partial charge in [0.05, 0.1) is 23.8 Å². The number of hydrogen-bond acceptors (Lipinski definition) is 12. The average Bonchev–Trinajstić information content (AvgIpc) is 3.10. The quantitative estimate of drug-likeness (QED) is 0.142. The molecule has 2 aliphatic rings. The van der Waals surface area contributed by atoms with Crippen LogP contribution in [0.3, 0.4) is 0 Å². The van der Waals surface area contributed by atoms with E-state index in [-0.39, 0.29) is 10.9 Å². The summed E-state index contributed by atoms with van der Waals surface area (Å²) in [6.45, 7) is 7.26. The number of rotatable bonds is 13. The second-order valence-corrected chi connectivity index (χ2v) is 12.2. The van der Waals surface area contributed by atoms with Gasteiger partial charge in [0, 0.05) is 6.20 Å². The van der Waals surface area contributed by atoms with E-state index in [4.69, 9.17) is 36.1 Å². The zero-order valence-electron chi connectivity index (χ0n) is 23.2. The van der Waals surface area contributed by atoms with Gasteiger partial charge in [-0.2, -0.15) is 0 Å². The van der Waals surface area contributed by atoms with Crippen molar-refractivity contribution in [2.75, 3.05) is 6.61 Å². The molecule has 41 heavy (non-hydrogen) atoms. The van der Waals surface area contributed by atoms with Gasteiger partial charge in [-0.25, -0.2) is 28.3 Å². The lowest BCUT2D eigenvalue weighted by Crippen LogP contribution is -2.53. The highest BCUT2D eigenvalue weighted by Gasteiger charge is 2.63. The number of aliphatic hydroxyl groups is 2. The van der Waals surface area contributed by atoms with Crippen molar-refractivity contribution in [1.82, 2.24) is 15.1 Å². The first-order chi connectivity index (χ1) is 18.8. The van der Waals surface area contributed by atoms with Crippen LogP contribution in [0.5, 0.6) is 0 Å². The molecule has 0 aromatic rings. The highest BCUT2D eigenvalue weighted by atomic mass is 35.5. The molecule has 1 fully saturated rings. The van der Waals surface area contributed by atoms with E-state index in [0.29, 0.717) is 4.90 Å². The molecule has 2 rings (SSSR count). The Morgan fingerprint density at radius 2 is 1.63 bits per heavy atom. The summed E-state index contributed by atoms with van der Waals surface area (Å²) in [6, 6.07) is -2.72. The lowest BCUT2D eigenvalue weighted by Gasteiger charge is -2.35. The number of esters is 2. The molecule has 1 unspecified atom stereocenters. The number of carbonyl (C=O) groups is 2. The van der Waals surface area contributed by atoms with Gasteiger partial charge >= 0.3 is 19.6 Å². The number of ether oxygens (including phenoxy) is 3. The SMILES string of the molecule is CC(C)OC(=O)[C@H](C)NP(=O)(N[C@@H](C)C(=O)OC(C)C)OC[C@@]1(C(F)F)O[C@@H](N2C=C(Cl)C(N)=NC2O)[C@@H](F)[C@@H]1O. The number of halogens is 4. The molecule has 0 bridgehead atoms. The van der Waals surface area contributed by atoms with Crippen LogP contribution in [0.2, 0.25) is 0 Å². The maximum Gasteiger partial charge on any atom is 0.342 e. The highest BCUT2D eigenvalue weighted by Crippen LogP contribution is 2.46. The van der Waals surface area contributed by atoms with Gasteiger partial charge in [0.25, 0.3) is 6.43 Å². The Kier molecular flexibility index (Phi) is 12.0. The summed E-state index contributed by atoms with van der Waals surface area (Å²) in [5, 5.41) is 25.0. The van der Waals surface area contributed by atoms with Gasteiger partial charge in [-0.15, -0.1) is 0 Å². The second kappa shape index (κ2) is 14.0. The molecule has 0 aromatic heterocycles. The number of nitrogens with zero attached hydrogens (tertiary/aromatic N) is 2. The van der Waals surface area contributed by atoms with Gasteiger partial charge < -0.3 is 39.6 Å². The molecule has 2 heterocycles. The monoisotopic (exact) mass is 637 g/mol. The zero-order chi connectivity index (χ0) is 31.4. The molecule has 6 N–H and O–H groups in total. The maximum atomic E-state index is 15.2. The zero-order valence-corrected chi connectivity index (χ0v) is 24.8. The van der Waals surface area contributed by atoms with Crippen LogP contribution in [0.15, 0.2) is 16.2 Å². The Labute approximate surface area is 239 Å². The molecule has 236 valence electrons. The standard InChI is InChI=1S/C22H36ClF3N5O9P/c1-9(2)38-18(33)11(5)29-41(36,30-12(6)19(34)39-10(3)4)37-8-22(20(25)26)15(32)14(24)17(40-22)31-7-13(23)16(27)28-21(31)35/h7,9-12,14-15,17,20-21,32,35H,8H2,1-6H3,(H2,27,28)(H2,29,30,36)/t11-,12-,14-,15-,17+,21?,22+/m0/s1. The number of aliphatic imine (C=N–C) groups is 1. The third-order valence-corrected chi connectivity index (χ3v) is 7.95. The Morgan fingerprint density at radius 3 is 2.07 bits per heavy atom. The third kappa shape index (κ3) is 8.54. The number of hydrogen-bond donors (Lipinski definition) is 5. The molecule has 0 amide bonds. The minimum Gasteiger partial charge on any atom is -0.462 e. The molecular formula is C22H36ClF3N5O9P. The van der Waals surface area contributed by atoms with E-state index >= 15 is 4.39 Å². The van der Waals surface area contributed by atoms with Crippen LogP contribution in [-0.2, 0) is 32.9 Å². The molecule has 0 spiro atoms. The topological polar surface area (TPSA) is 194 Å². The average molecular weight is 638 g/mol. The van der Waals surface area contributed by atoms with Crippen LogP contribution in [0, 0.1) is 0 Å². The van der Waals surface area contributed by atoms with Crippen molar-refractivity contribution in [1.29, 1.82) is 0 Å². The van der Waals surface area contributed by atoms with Crippen LogP contribution in [-0.4, -0.2) is 101 Å². The Balaban J connectivity index is 2.36. The molecule has 0 aliphatic carbocycles. The van der Waals surface area contributed by atoms with Crippen molar-refractivity contribution in [3.8, 4) is 0 Å². The van der Waals surface area contributed by atoms with Gasteiger partial charge in [0.2, 0.25) is 6.35 Å². The van der Waals surface area contributed by atoms with Crippen molar-refractivity contribution >= 4 is 37.0 Å². The molecular weight excluding hydrogens is 602 g/mol. The molecule has 0 saturated carbocycles. The number of aliphatic hydroxyl groups excluding tert-OH is 2. The van der Waals surface area contributed by atoms with Gasteiger partial charge in [-0.3, -0.25) is 14.2 Å². The van der Waals surface area contributed by atoms with Crippen LogP contribution in [0.4, 0.5) is 13.2 Å². The smallest absolute Gasteiger partial charge is 0.342 e. The van der Waals surface area contributed by atoms with E-state index in [1.165, 1.54) is 13.8 Å². The summed E-state index contributed by atoms with van der Waals surface area (Å²) < 4.78 is 78.5. The number of amidine groups is 1. The molecule has 2 aliphatic heterocycles. The van der Waals surface area contributed by atoms with Crippen LogP contribution < -0.4 is 15.9 Å². The van der Waals surface area contributed by atoms with Crippen molar-refractivity contribution < 1.29 is 56.3 Å². The largest absolute Gasteiger partial charge is 0.462 e. The molecule has 7 atom stereocenters. The third-order valence-electron chi connectivity index (χ3n) is 5.72. The second-order valence-electron chi connectivity index (χ2n) is 9.94. The van der Waals surface area contributed by atoms with Gasteiger partial charge in [0.15, 0.2) is 18.0 Å². The molecule has 1 saturated heterocycles. The molecule has 14 nitrogen and oxygen atoms in total. The van der Waals surface area contributed by atoms with Crippen molar-refractivity contribution in [2.24, 2.45) is 10.7 Å². The number of carbonyl (C=O) groups excluding carboxylic acids is 2. The van der Waals surface area contributed by atoms with E-state index < -0.39 is 87.4 Å². The van der Waals surface area contributed by atoms with Crippen molar-refractivity contribution in [3.63, 3.8) is 0 Å². The fraction of sp³-hybridized carbons (Fsp3) is 0.773. The first kappa shape index (κ1) is 35.2. The van der Waals surface area contributed by atoms with Crippen molar-refractivity contribution in [2.45, 2.75) is 103 Å². The van der Waals surface area contributed by atoms with Gasteiger partial charge in [0.1, 0.15) is 24.0 Å². The number of nitrogens with one attached hydrogen (secondary N) is 2. The lowest BCUT2D eigenvalue weighted by molar-refractivity contribution is -0.209. The predicted molar refractivity (Wildman–Crippen MR) is 139 cm³/mol. The maximum absolute atomic E-state index is 15.2. The summed E-state index contributed by atoms with van der Waals surface area (Å²) in [5.74, 6) is -2.11. The minimum absolute atomic E-state index is 0.270. The lowest BCUT2D eigenvalue weighted by atomic mass is 9.97. The highest BCUT2D eigenvalue weighted by molar-refractivity contribution is 7.54. The molecule has 0 radical (unpaired) electrons. The van der Waals surface area contributed by atoms with Gasteiger partial charge in [-0.05, 0) is 41.5 Å². The van der Waals surface area contributed by atoms with Crippen LogP contribution >= 0.6 is 19.3 Å².